The van der Waals surface area contributed by atoms with E-state index in [-0.39, 0.29) is 4.90 Å². The lowest BCUT2D eigenvalue weighted by Crippen LogP contribution is -2.34. The van der Waals surface area contributed by atoms with Crippen LogP contribution in [0.5, 0.6) is 5.75 Å². The number of hydrogen-bond donors (Lipinski definition) is 1. The molecule has 1 fully saturated rings. The minimum absolute atomic E-state index is 0.151. The van der Waals surface area contributed by atoms with E-state index in [1.54, 1.807) is 24.3 Å². The summed E-state index contributed by atoms with van der Waals surface area (Å²) in [5.74, 6) is 2.96. The maximum Gasteiger partial charge on any atom is 0.339 e. The van der Waals surface area contributed by atoms with Crippen LogP contribution >= 0.6 is 11.8 Å². The number of rotatable bonds is 9. The molecule has 0 amide bonds. The number of nitrogens with one attached hydrogen (secondary N) is 1. The number of likely N-dealkylation sites (tertiary alicyclic amines) is 1. The lowest BCUT2D eigenvalue weighted by atomic mass is 9.89. The number of benzene rings is 3. The Bertz CT molecular complexity index is 1350. The van der Waals surface area contributed by atoms with E-state index in [4.69, 9.17) is 4.18 Å². The van der Waals surface area contributed by atoms with E-state index in [9.17, 15) is 8.42 Å². The molecule has 1 aliphatic heterocycles. The summed E-state index contributed by atoms with van der Waals surface area (Å²) in [4.78, 5) is 6.01. The SMILES string of the molecule is O=S(=O)(Oc1ccc2[nH]cc(CSCCN3CCC(c4ccccc4)CC3)c2c1)c1ccccc1. The zero-order chi connectivity index (χ0) is 24.1. The second kappa shape index (κ2) is 10.9. The van der Waals surface area contributed by atoms with Gasteiger partial charge in [-0.05, 0) is 73.3 Å². The average Bonchev–Trinajstić information content (AvgIpc) is 3.30. The van der Waals surface area contributed by atoms with Crippen LogP contribution in [0.25, 0.3) is 10.9 Å². The molecule has 2 heterocycles. The Morgan fingerprint density at radius 3 is 2.40 bits per heavy atom. The van der Waals surface area contributed by atoms with Crippen LogP contribution in [0.3, 0.4) is 0 Å². The first kappa shape index (κ1) is 24.0. The van der Waals surface area contributed by atoms with Crippen LogP contribution < -0.4 is 4.18 Å². The molecule has 1 aromatic heterocycles. The van der Waals surface area contributed by atoms with Crippen molar-refractivity contribution in [2.45, 2.75) is 29.4 Å². The molecular weight excluding hydrogens is 476 g/mol. The fourth-order valence-electron chi connectivity index (χ4n) is 4.68. The highest BCUT2D eigenvalue weighted by molar-refractivity contribution is 7.98. The van der Waals surface area contributed by atoms with Crippen LogP contribution in [0.15, 0.2) is 90.0 Å². The van der Waals surface area contributed by atoms with Gasteiger partial charge in [-0.1, -0.05) is 48.5 Å². The number of hydrogen-bond acceptors (Lipinski definition) is 5. The third-order valence-corrected chi connectivity index (χ3v) is 8.89. The minimum atomic E-state index is -3.85. The van der Waals surface area contributed by atoms with Crippen molar-refractivity contribution in [3.8, 4) is 5.75 Å². The van der Waals surface area contributed by atoms with E-state index in [1.807, 2.05) is 30.1 Å². The smallest absolute Gasteiger partial charge is 0.339 e. The fraction of sp³-hybridized carbons (Fsp3) is 0.286. The molecule has 0 atom stereocenters. The first-order valence-corrected chi connectivity index (χ1v) is 14.6. The van der Waals surface area contributed by atoms with Gasteiger partial charge < -0.3 is 14.1 Å². The molecule has 4 aromatic rings. The molecule has 0 unspecified atom stereocenters. The van der Waals surface area contributed by atoms with E-state index >= 15 is 0 Å². The number of piperidine rings is 1. The lowest BCUT2D eigenvalue weighted by Gasteiger charge is -2.32. The Kier molecular flexibility index (Phi) is 7.46. The molecular formula is C28H30N2O3S2. The number of aromatic nitrogens is 1. The molecule has 1 saturated heterocycles. The fourth-order valence-corrected chi connectivity index (χ4v) is 6.62. The average molecular weight is 507 g/mol. The van der Waals surface area contributed by atoms with Crippen LogP contribution in [-0.4, -0.2) is 43.7 Å². The van der Waals surface area contributed by atoms with E-state index in [2.05, 4.69) is 40.2 Å². The van der Waals surface area contributed by atoms with Crippen molar-refractivity contribution in [2.75, 3.05) is 25.4 Å². The maximum absolute atomic E-state index is 12.6. The Labute approximate surface area is 211 Å². The molecule has 7 heteroatoms. The summed E-state index contributed by atoms with van der Waals surface area (Å²) in [5.41, 5.74) is 3.61. The van der Waals surface area contributed by atoms with E-state index in [0.717, 1.165) is 47.6 Å². The van der Waals surface area contributed by atoms with Gasteiger partial charge in [-0.15, -0.1) is 0 Å². The van der Waals surface area contributed by atoms with Crippen molar-refractivity contribution in [3.05, 3.63) is 96.2 Å². The van der Waals surface area contributed by atoms with E-state index < -0.39 is 10.1 Å². The molecule has 3 aromatic carbocycles. The van der Waals surface area contributed by atoms with Gasteiger partial charge in [-0.2, -0.15) is 20.2 Å². The summed E-state index contributed by atoms with van der Waals surface area (Å²) in [7, 11) is -3.85. The Morgan fingerprint density at radius 1 is 0.943 bits per heavy atom. The first-order chi connectivity index (χ1) is 17.1. The molecule has 0 radical (unpaired) electrons. The van der Waals surface area contributed by atoms with Crippen molar-refractivity contribution in [1.29, 1.82) is 0 Å². The molecule has 1 aliphatic rings. The zero-order valence-electron chi connectivity index (χ0n) is 19.6. The Hall–Kier alpha value is -2.74. The van der Waals surface area contributed by atoms with Gasteiger partial charge in [-0.3, -0.25) is 0 Å². The van der Waals surface area contributed by atoms with Crippen LogP contribution in [0.1, 0.15) is 29.9 Å². The van der Waals surface area contributed by atoms with Gasteiger partial charge in [0, 0.05) is 35.2 Å². The molecule has 0 aliphatic carbocycles. The summed E-state index contributed by atoms with van der Waals surface area (Å²) >= 11 is 1.91. The molecule has 0 spiro atoms. The first-order valence-electron chi connectivity index (χ1n) is 12.0. The zero-order valence-corrected chi connectivity index (χ0v) is 21.2. The standard InChI is InChI=1S/C28H30N2O3S2/c31-35(32,26-9-5-2-6-10-26)33-25-11-12-28-27(19-25)24(20-29-28)21-34-18-17-30-15-13-23(14-16-30)22-7-3-1-4-8-22/h1-12,19-20,23,29H,13-18,21H2. The Balaban J connectivity index is 1.13. The van der Waals surface area contributed by atoms with Gasteiger partial charge in [0.2, 0.25) is 0 Å². The van der Waals surface area contributed by atoms with Gasteiger partial charge in [0.05, 0.1) is 0 Å². The summed E-state index contributed by atoms with van der Waals surface area (Å²) in [6, 6.07) is 24.5. The highest BCUT2D eigenvalue weighted by atomic mass is 32.2. The summed E-state index contributed by atoms with van der Waals surface area (Å²) in [6.45, 7) is 3.41. The molecule has 5 rings (SSSR count). The number of thioether (sulfide) groups is 1. The number of H-pyrrole nitrogens is 1. The van der Waals surface area contributed by atoms with Crippen molar-refractivity contribution >= 4 is 32.8 Å². The van der Waals surface area contributed by atoms with Crippen LogP contribution in [0.4, 0.5) is 0 Å². The Morgan fingerprint density at radius 2 is 1.66 bits per heavy atom. The number of nitrogens with zero attached hydrogens (tertiary/aromatic N) is 1. The highest BCUT2D eigenvalue weighted by Gasteiger charge is 2.20. The second-order valence-corrected chi connectivity index (χ2v) is 11.6. The largest absolute Gasteiger partial charge is 0.379 e. The van der Waals surface area contributed by atoms with Crippen LogP contribution in [-0.2, 0) is 15.9 Å². The summed E-state index contributed by atoms with van der Waals surface area (Å²) < 4.78 is 30.6. The highest BCUT2D eigenvalue weighted by Crippen LogP contribution is 2.30. The van der Waals surface area contributed by atoms with Gasteiger partial charge in [0.15, 0.2) is 0 Å². The van der Waals surface area contributed by atoms with Gasteiger partial charge >= 0.3 is 10.1 Å². The van der Waals surface area contributed by atoms with E-state index in [1.165, 1.54) is 30.5 Å². The molecule has 182 valence electrons. The quantitative estimate of drug-likeness (QED) is 0.221. The van der Waals surface area contributed by atoms with Crippen LogP contribution in [0, 0.1) is 0 Å². The van der Waals surface area contributed by atoms with Crippen molar-refractivity contribution < 1.29 is 12.6 Å². The van der Waals surface area contributed by atoms with Gasteiger partial charge in [-0.25, -0.2) is 0 Å². The van der Waals surface area contributed by atoms with Gasteiger partial charge in [0.25, 0.3) is 0 Å². The number of aromatic amines is 1. The minimum Gasteiger partial charge on any atom is -0.379 e. The summed E-state index contributed by atoms with van der Waals surface area (Å²) in [5, 5.41) is 1.00. The van der Waals surface area contributed by atoms with Crippen molar-refractivity contribution in [2.24, 2.45) is 0 Å². The number of fused-ring (bicyclic) bond motifs is 1. The van der Waals surface area contributed by atoms with Crippen molar-refractivity contribution in [3.63, 3.8) is 0 Å². The molecule has 0 bridgehead atoms. The maximum atomic E-state index is 12.6. The third kappa shape index (κ3) is 5.92. The lowest BCUT2D eigenvalue weighted by molar-refractivity contribution is 0.224. The third-order valence-electron chi connectivity index (χ3n) is 6.64. The molecule has 0 saturated carbocycles. The second-order valence-electron chi connectivity index (χ2n) is 8.95. The predicted molar refractivity (Wildman–Crippen MR) is 144 cm³/mol. The monoisotopic (exact) mass is 506 g/mol. The predicted octanol–water partition coefficient (Wildman–Crippen LogP) is 6.05. The van der Waals surface area contributed by atoms with E-state index in [0.29, 0.717) is 11.7 Å². The van der Waals surface area contributed by atoms with Gasteiger partial charge in [0.1, 0.15) is 10.6 Å². The molecule has 5 nitrogen and oxygen atoms in total. The molecule has 35 heavy (non-hydrogen) atoms. The van der Waals surface area contributed by atoms with Crippen molar-refractivity contribution in [1.82, 2.24) is 9.88 Å². The molecule has 1 N–H and O–H groups in total. The topological polar surface area (TPSA) is 62.4 Å². The summed E-state index contributed by atoms with van der Waals surface area (Å²) in [6.07, 6.45) is 4.47. The normalized spacial score (nSPS) is 15.4. The van der Waals surface area contributed by atoms with Crippen LogP contribution in [0.2, 0.25) is 0 Å².